The maximum atomic E-state index is 11.6. The molecule has 94 valence electrons. The van der Waals surface area contributed by atoms with Gasteiger partial charge in [-0.2, -0.15) is 0 Å². The number of hydrogen-bond donors (Lipinski definition) is 0. The Bertz CT molecular complexity index is 512. The predicted molar refractivity (Wildman–Crippen MR) is 71.8 cm³/mol. The minimum Gasteiger partial charge on any atom is -0.612 e. The summed E-state index contributed by atoms with van der Waals surface area (Å²) in [6.45, 7) is 0. The van der Waals surface area contributed by atoms with Gasteiger partial charge in [0, 0.05) is 12.1 Å². The van der Waals surface area contributed by atoms with Gasteiger partial charge in [0.1, 0.15) is 17.8 Å². The second kappa shape index (κ2) is 5.80. The molecule has 3 nitrogen and oxygen atoms in total. The minimum absolute atomic E-state index is 0.557. The molecule has 2 aromatic rings. The van der Waals surface area contributed by atoms with E-state index in [4.69, 9.17) is 9.47 Å². The van der Waals surface area contributed by atoms with Crippen molar-refractivity contribution >= 4 is 11.2 Å². The Labute approximate surface area is 110 Å². The molecule has 0 aliphatic carbocycles. The smallest absolute Gasteiger partial charge is 0.195 e. The third-order valence-electron chi connectivity index (χ3n) is 2.43. The van der Waals surface area contributed by atoms with Gasteiger partial charge in [-0.05, 0) is 29.4 Å². The van der Waals surface area contributed by atoms with Crippen molar-refractivity contribution < 1.29 is 14.0 Å². The van der Waals surface area contributed by atoms with E-state index in [9.17, 15) is 4.55 Å². The number of methoxy groups -OCH3 is 1. The fourth-order valence-electron chi connectivity index (χ4n) is 1.55. The van der Waals surface area contributed by atoms with Crippen LogP contribution in [0.4, 0.5) is 0 Å². The van der Waals surface area contributed by atoms with Crippen molar-refractivity contribution in [2.45, 2.75) is 4.90 Å². The Morgan fingerprint density at radius 3 is 2.33 bits per heavy atom. The number of rotatable bonds is 4. The first-order chi connectivity index (χ1) is 8.70. The van der Waals surface area contributed by atoms with Crippen molar-refractivity contribution in [1.29, 1.82) is 0 Å². The zero-order valence-corrected chi connectivity index (χ0v) is 11.1. The van der Waals surface area contributed by atoms with Crippen molar-refractivity contribution in [2.24, 2.45) is 0 Å². The molecular weight excluding hydrogens is 248 g/mol. The summed E-state index contributed by atoms with van der Waals surface area (Å²) in [6.07, 6.45) is 1.62. The monoisotopic (exact) mass is 262 g/mol. The molecule has 18 heavy (non-hydrogen) atoms. The van der Waals surface area contributed by atoms with E-state index >= 15 is 0 Å². The molecule has 0 amide bonds. The molecule has 0 saturated carbocycles. The van der Waals surface area contributed by atoms with Crippen molar-refractivity contribution in [3.8, 4) is 17.2 Å². The van der Waals surface area contributed by atoms with Gasteiger partial charge in [-0.1, -0.05) is 18.2 Å². The number of hydrogen-bond acceptors (Lipinski definition) is 3. The zero-order chi connectivity index (χ0) is 13.0. The van der Waals surface area contributed by atoms with Gasteiger partial charge < -0.3 is 14.0 Å². The summed E-state index contributed by atoms with van der Waals surface area (Å²) in [6, 6.07) is 14.7. The highest BCUT2D eigenvalue weighted by atomic mass is 32.2. The van der Waals surface area contributed by atoms with Crippen LogP contribution < -0.4 is 9.47 Å². The summed E-state index contributed by atoms with van der Waals surface area (Å²) >= 11 is -1.10. The van der Waals surface area contributed by atoms with Crippen LogP contribution in [0.25, 0.3) is 0 Å². The molecule has 0 saturated heterocycles. The molecule has 4 heteroatoms. The second-order valence-electron chi connectivity index (χ2n) is 3.68. The van der Waals surface area contributed by atoms with E-state index in [2.05, 4.69) is 0 Å². The minimum atomic E-state index is -1.10. The van der Waals surface area contributed by atoms with Crippen LogP contribution in [0.2, 0.25) is 0 Å². The SMILES string of the molecule is COc1ccc([S+](C)[O-])c(Oc2ccccc2)c1. The first-order valence-electron chi connectivity index (χ1n) is 5.45. The third-order valence-corrected chi connectivity index (χ3v) is 3.39. The molecule has 0 aliphatic rings. The first-order valence-corrected chi connectivity index (χ1v) is 7.01. The average molecular weight is 262 g/mol. The van der Waals surface area contributed by atoms with E-state index in [1.54, 1.807) is 31.6 Å². The lowest BCUT2D eigenvalue weighted by Crippen LogP contribution is -2.00. The maximum Gasteiger partial charge on any atom is 0.195 e. The van der Waals surface area contributed by atoms with Gasteiger partial charge >= 0.3 is 0 Å². The van der Waals surface area contributed by atoms with Gasteiger partial charge in [-0.25, -0.2) is 0 Å². The van der Waals surface area contributed by atoms with Gasteiger partial charge in [-0.3, -0.25) is 0 Å². The molecule has 0 bridgehead atoms. The molecule has 0 fully saturated rings. The van der Waals surface area contributed by atoms with Crippen LogP contribution in [0.3, 0.4) is 0 Å². The predicted octanol–water partition coefficient (Wildman–Crippen LogP) is 3.22. The lowest BCUT2D eigenvalue weighted by atomic mass is 10.3. The van der Waals surface area contributed by atoms with E-state index in [0.717, 1.165) is 0 Å². The molecule has 0 aliphatic heterocycles. The van der Waals surface area contributed by atoms with Crippen LogP contribution in [-0.4, -0.2) is 17.9 Å². The van der Waals surface area contributed by atoms with Crippen molar-refractivity contribution in [1.82, 2.24) is 0 Å². The molecule has 0 heterocycles. The lowest BCUT2D eigenvalue weighted by Gasteiger charge is -2.12. The maximum absolute atomic E-state index is 11.6. The summed E-state index contributed by atoms with van der Waals surface area (Å²) < 4.78 is 22.5. The van der Waals surface area contributed by atoms with E-state index in [-0.39, 0.29) is 0 Å². The molecule has 0 radical (unpaired) electrons. The molecule has 0 aromatic heterocycles. The van der Waals surface area contributed by atoms with Crippen molar-refractivity contribution in [3.05, 3.63) is 48.5 Å². The topological polar surface area (TPSA) is 41.5 Å². The normalized spacial score (nSPS) is 11.9. The summed E-state index contributed by atoms with van der Waals surface area (Å²) in [5.74, 6) is 1.94. The fourth-order valence-corrected chi connectivity index (χ4v) is 2.19. The number of benzene rings is 2. The highest BCUT2D eigenvalue weighted by Gasteiger charge is 2.15. The quantitative estimate of drug-likeness (QED) is 0.794. The van der Waals surface area contributed by atoms with Crippen LogP contribution >= 0.6 is 0 Å². The van der Waals surface area contributed by atoms with Crippen molar-refractivity contribution in [3.63, 3.8) is 0 Å². The zero-order valence-electron chi connectivity index (χ0n) is 10.3. The summed E-state index contributed by atoms with van der Waals surface area (Å²) in [5.41, 5.74) is 0. The molecule has 2 rings (SSSR count). The number of para-hydroxylation sites is 1. The summed E-state index contributed by atoms with van der Waals surface area (Å²) in [4.78, 5) is 0.652. The van der Waals surface area contributed by atoms with Gasteiger partial charge in [0.15, 0.2) is 10.6 Å². The summed E-state index contributed by atoms with van der Waals surface area (Å²) in [5, 5.41) is 0. The molecular formula is C14H14O3S. The van der Waals surface area contributed by atoms with Crippen LogP contribution in [0, 0.1) is 0 Å². The van der Waals surface area contributed by atoms with E-state index in [0.29, 0.717) is 22.1 Å². The molecule has 1 atom stereocenters. The van der Waals surface area contributed by atoms with Crippen LogP contribution in [0.15, 0.2) is 53.4 Å². The van der Waals surface area contributed by atoms with E-state index < -0.39 is 11.2 Å². The highest BCUT2D eigenvalue weighted by molar-refractivity contribution is 7.90. The van der Waals surface area contributed by atoms with Crippen LogP contribution in [0.5, 0.6) is 17.2 Å². The van der Waals surface area contributed by atoms with Gasteiger partial charge in [0.25, 0.3) is 0 Å². The number of ether oxygens (including phenoxy) is 2. The second-order valence-corrected chi connectivity index (χ2v) is 5.03. The largest absolute Gasteiger partial charge is 0.612 e. The van der Waals surface area contributed by atoms with E-state index in [1.807, 2.05) is 30.3 Å². The Morgan fingerprint density at radius 1 is 1.00 bits per heavy atom. The lowest BCUT2D eigenvalue weighted by molar-refractivity contribution is 0.406. The first kappa shape index (κ1) is 12.8. The van der Waals surface area contributed by atoms with Crippen molar-refractivity contribution in [2.75, 3.05) is 13.4 Å². The third kappa shape index (κ3) is 2.97. The van der Waals surface area contributed by atoms with Gasteiger partial charge in [-0.15, -0.1) is 0 Å². The molecule has 0 spiro atoms. The Balaban J connectivity index is 2.35. The Morgan fingerprint density at radius 2 is 1.72 bits per heavy atom. The van der Waals surface area contributed by atoms with E-state index in [1.165, 1.54) is 0 Å². The van der Waals surface area contributed by atoms with Gasteiger partial charge in [0.2, 0.25) is 0 Å². The van der Waals surface area contributed by atoms with Gasteiger partial charge in [0.05, 0.1) is 7.11 Å². The van der Waals surface area contributed by atoms with Crippen LogP contribution in [0.1, 0.15) is 0 Å². The summed E-state index contributed by atoms with van der Waals surface area (Å²) in [7, 11) is 1.59. The fraction of sp³-hybridized carbons (Fsp3) is 0.143. The molecule has 1 unspecified atom stereocenters. The average Bonchev–Trinajstić information content (AvgIpc) is 2.39. The molecule has 2 aromatic carbocycles. The highest BCUT2D eigenvalue weighted by Crippen LogP contribution is 2.32. The van der Waals surface area contributed by atoms with Crippen LogP contribution in [-0.2, 0) is 11.2 Å². The Kier molecular flexibility index (Phi) is 4.12. The Hall–Kier alpha value is -1.65. The molecule has 0 N–H and O–H groups in total. The standard InChI is InChI=1S/C14H14O3S/c1-16-12-8-9-14(18(2)15)13(10-12)17-11-6-4-3-5-7-11/h3-10H,1-2H3.